The Morgan fingerprint density at radius 3 is 2.35 bits per heavy atom. The molecule has 0 aromatic heterocycles. The number of hydrogen-bond donors (Lipinski definition) is 0. The second-order valence-corrected chi connectivity index (χ2v) is 5.79. The van der Waals surface area contributed by atoms with Gasteiger partial charge in [-0.1, -0.05) is 40.0 Å². The quantitative estimate of drug-likeness (QED) is 0.313. The number of esters is 1. The topological polar surface area (TPSA) is 52.6 Å². The summed E-state index contributed by atoms with van der Waals surface area (Å²) in [5, 5.41) is 0. The van der Waals surface area contributed by atoms with E-state index in [4.69, 9.17) is 9.47 Å². The van der Waals surface area contributed by atoms with Crippen LogP contribution in [0.25, 0.3) is 0 Å². The van der Waals surface area contributed by atoms with Gasteiger partial charge in [0.25, 0.3) is 0 Å². The Hall–Kier alpha value is -0.900. The van der Waals surface area contributed by atoms with E-state index in [1.807, 2.05) is 0 Å². The lowest BCUT2D eigenvalue weighted by Gasteiger charge is -2.12. The van der Waals surface area contributed by atoms with Crippen molar-refractivity contribution in [2.45, 2.75) is 59.8 Å². The van der Waals surface area contributed by atoms with Crippen LogP contribution in [0, 0.1) is 11.8 Å². The molecule has 0 heterocycles. The van der Waals surface area contributed by atoms with Gasteiger partial charge in [0, 0.05) is 6.61 Å². The average molecular weight is 286 g/mol. The Bertz CT molecular complexity index is 274. The van der Waals surface area contributed by atoms with E-state index in [2.05, 4.69) is 20.8 Å². The van der Waals surface area contributed by atoms with Gasteiger partial charge >= 0.3 is 5.97 Å². The van der Waals surface area contributed by atoms with Gasteiger partial charge in [-0.2, -0.15) is 0 Å². The summed E-state index contributed by atoms with van der Waals surface area (Å²) >= 11 is 0. The number of Topliss-reactive ketones (excluding diaryl/α,β-unsaturated/α-hetero) is 1. The van der Waals surface area contributed by atoms with E-state index in [9.17, 15) is 9.59 Å². The molecular weight excluding hydrogens is 256 g/mol. The molecule has 0 saturated carbocycles. The third-order valence-corrected chi connectivity index (χ3v) is 3.14. The number of rotatable bonds is 12. The fraction of sp³-hybridized carbons (Fsp3) is 0.875. The van der Waals surface area contributed by atoms with Crippen molar-refractivity contribution in [3.05, 3.63) is 0 Å². The van der Waals surface area contributed by atoms with E-state index >= 15 is 0 Å². The highest BCUT2D eigenvalue weighted by molar-refractivity contribution is 5.96. The fourth-order valence-electron chi connectivity index (χ4n) is 1.91. The van der Waals surface area contributed by atoms with E-state index in [-0.39, 0.29) is 18.8 Å². The van der Waals surface area contributed by atoms with Crippen LogP contribution in [0.15, 0.2) is 0 Å². The number of carbonyl (C=O) groups is 2. The first-order chi connectivity index (χ1) is 9.45. The smallest absolute Gasteiger partial charge is 0.313 e. The van der Waals surface area contributed by atoms with Crippen molar-refractivity contribution in [1.29, 1.82) is 0 Å². The molecule has 1 unspecified atom stereocenters. The average Bonchev–Trinajstić information content (AvgIpc) is 2.34. The molecule has 0 aromatic rings. The van der Waals surface area contributed by atoms with Gasteiger partial charge in [0.2, 0.25) is 0 Å². The molecule has 0 aliphatic carbocycles. The van der Waals surface area contributed by atoms with Crippen LogP contribution in [0.2, 0.25) is 0 Å². The molecule has 4 nitrogen and oxygen atoms in total. The molecule has 118 valence electrons. The van der Waals surface area contributed by atoms with Crippen LogP contribution in [-0.4, -0.2) is 31.6 Å². The number of ether oxygens (including phenoxy) is 2. The summed E-state index contributed by atoms with van der Waals surface area (Å²) in [4.78, 5) is 22.5. The van der Waals surface area contributed by atoms with Crippen molar-refractivity contribution in [2.24, 2.45) is 11.8 Å². The normalized spacial score (nSPS) is 12.4. The molecule has 0 aromatic carbocycles. The third-order valence-electron chi connectivity index (χ3n) is 3.14. The lowest BCUT2D eigenvalue weighted by molar-refractivity contribution is -0.146. The predicted molar refractivity (Wildman–Crippen MR) is 79.5 cm³/mol. The van der Waals surface area contributed by atoms with Crippen LogP contribution >= 0.6 is 0 Å². The van der Waals surface area contributed by atoms with Crippen LogP contribution in [-0.2, 0) is 19.1 Å². The summed E-state index contributed by atoms with van der Waals surface area (Å²) in [6.45, 7) is 9.31. The molecule has 0 spiro atoms. The summed E-state index contributed by atoms with van der Waals surface area (Å²) in [6, 6.07) is 0. The summed E-state index contributed by atoms with van der Waals surface area (Å²) in [5.74, 6) is 0.701. The zero-order valence-corrected chi connectivity index (χ0v) is 13.4. The Balaban J connectivity index is 3.50. The Morgan fingerprint density at radius 1 is 1.05 bits per heavy atom. The molecule has 0 N–H and O–H groups in total. The minimum Gasteiger partial charge on any atom is -0.466 e. The van der Waals surface area contributed by atoms with Gasteiger partial charge in [-0.15, -0.1) is 0 Å². The SMILES string of the molecule is CCOC(=O)CC(=O)COCCC(C)CCCC(C)C. The largest absolute Gasteiger partial charge is 0.466 e. The highest BCUT2D eigenvalue weighted by atomic mass is 16.5. The number of ketones is 1. The standard InChI is InChI=1S/C16H30O4/c1-5-20-16(18)11-15(17)12-19-10-9-14(4)8-6-7-13(2)3/h13-14H,5-12H2,1-4H3. The minimum absolute atomic E-state index is 0.0114. The van der Waals surface area contributed by atoms with Crippen molar-refractivity contribution >= 4 is 11.8 Å². The lowest BCUT2D eigenvalue weighted by atomic mass is 9.98. The van der Waals surface area contributed by atoms with Crippen LogP contribution in [0.4, 0.5) is 0 Å². The van der Waals surface area contributed by atoms with Gasteiger partial charge in [-0.25, -0.2) is 0 Å². The molecule has 4 heteroatoms. The first-order valence-corrected chi connectivity index (χ1v) is 7.70. The minimum atomic E-state index is -0.469. The lowest BCUT2D eigenvalue weighted by Crippen LogP contribution is -2.16. The second-order valence-electron chi connectivity index (χ2n) is 5.79. The van der Waals surface area contributed by atoms with E-state index in [0.717, 1.165) is 12.3 Å². The van der Waals surface area contributed by atoms with Crippen LogP contribution < -0.4 is 0 Å². The molecule has 20 heavy (non-hydrogen) atoms. The zero-order valence-electron chi connectivity index (χ0n) is 13.4. The van der Waals surface area contributed by atoms with Crippen molar-refractivity contribution in [3.63, 3.8) is 0 Å². The molecule has 0 saturated heterocycles. The number of carbonyl (C=O) groups excluding carboxylic acids is 2. The third kappa shape index (κ3) is 12.2. The molecule has 0 amide bonds. The molecule has 0 bridgehead atoms. The van der Waals surface area contributed by atoms with Crippen molar-refractivity contribution < 1.29 is 19.1 Å². The van der Waals surface area contributed by atoms with E-state index < -0.39 is 5.97 Å². The monoisotopic (exact) mass is 286 g/mol. The molecular formula is C16H30O4. The molecule has 0 rings (SSSR count). The second kappa shape index (κ2) is 11.9. The zero-order chi connectivity index (χ0) is 15.4. The predicted octanol–water partition coefficient (Wildman–Crippen LogP) is 3.38. The van der Waals surface area contributed by atoms with Gasteiger partial charge in [-0.05, 0) is 25.2 Å². The highest BCUT2D eigenvalue weighted by Crippen LogP contribution is 2.15. The Labute approximate surface area is 123 Å². The Kier molecular flexibility index (Phi) is 11.4. The van der Waals surface area contributed by atoms with Crippen molar-refractivity contribution in [2.75, 3.05) is 19.8 Å². The van der Waals surface area contributed by atoms with Gasteiger partial charge < -0.3 is 9.47 Å². The molecule has 0 radical (unpaired) electrons. The van der Waals surface area contributed by atoms with Crippen molar-refractivity contribution in [1.82, 2.24) is 0 Å². The van der Waals surface area contributed by atoms with Crippen LogP contribution in [0.1, 0.15) is 59.8 Å². The fourth-order valence-corrected chi connectivity index (χ4v) is 1.91. The first-order valence-electron chi connectivity index (χ1n) is 7.70. The highest BCUT2D eigenvalue weighted by Gasteiger charge is 2.10. The van der Waals surface area contributed by atoms with Crippen LogP contribution in [0.5, 0.6) is 0 Å². The van der Waals surface area contributed by atoms with Crippen molar-refractivity contribution in [3.8, 4) is 0 Å². The van der Waals surface area contributed by atoms with Gasteiger partial charge in [0.15, 0.2) is 5.78 Å². The van der Waals surface area contributed by atoms with Crippen LogP contribution in [0.3, 0.4) is 0 Å². The molecule has 0 fully saturated rings. The molecule has 0 aliphatic heterocycles. The van der Waals surface area contributed by atoms with Gasteiger partial charge in [0.1, 0.15) is 13.0 Å². The maximum atomic E-state index is 11.4. The summed E-state index contributed by atoms with van der Waals surface area (Å²) < 4.78 is 10.0. The van der Waals surface area contributed by atoms with Gasteiger partial charge in [0.05, 0.1) is 6.61 Å². The summed E-state index contributed by atoms with van der Waals surface area (Å²) in [5.41, 5.74) is 0. The van der Waals surface area contributed by atoms with E-state index in [1.54, 1.807) is 6.92 Å². The maximum absolute atomic E-state index is 11.4. The summed E-state index contributed by atoms with van der Waals surface area (Å²) in [6.07, 6.45) is 4.50. The van der Waals surface area contributed by atoms with E-state index in [1.165, 1.54) is 19.3 Å². The molecule has 1 atom stereocenters. The number of hydrogen-bond acceptors (Lipinski definition) is 4. The van der Waals surface area contributed by atoms with Gasteiger partial charge in [-0.3, -0.25) is 9.59 Å². The Morgan fingerprint density at radius 2 is 1.75 bits per heavy atom. The van der Waals surface area contributed by atoms with E-state index in [0.29, 0.717) is 19.1 Å². The summed E-state index contributed by atoms with van der Waals surface area (Å²) in [7, 11) is 0. The maximum Gasteiger partial charge on any atom is 0.313 e. The first kappa shape index (κ1) is 19.1. The molecule has 0 aliphatic rings.